The van der Waals surface area contributed by atoms with Crippen LogP contribution in [0.5, 0.6) is 0 Å². The number of nitrogens with zero attached hydrogens (tertiary/aromatic N) is 1. The predicted molar refractivity (Wildman–Crippen MR) is 88.4 cm³/mol. The third-order valence-electron chi connectivity index (χ3n) is 3.86. The molecule has 0 spiro atoms. The molecule has 114 valence electrons. The number of aromatic nitrogens is 1. The van der Waals surface area contributed by atoms with E-state index in [4.69, 9.17) is 28.9 Å². The zero-order valence-corrected chi connectivity index (χ0v) is 13.6. The van der Waals surface area contributed by atoms with E-state index < -0.39 is 0 Å². The summed E-state index contributed by atoms with van der Waals surface area (Å²) in [4.78, 5) is 16.9. The topological polar surface area (TPSA) is 68.0 Å². The molecule has 3 N–H and O–H groups in total. The molecule has 2 heterocycles. The number of carbonyl (C=O) groups excluding carboxylic acids is 1. The van der Waals surface area contributed by atoms with E-state index >= 15 is 0 Å². The van der Waals surface area contributed by atoms with Crippen LogP contribution in [0.25, 0.3) is 11.1 Å². The Morgan fingerprint density at radius 3 is 2.77 bits per heavy atom. The van der Waals surface area contributed by atoms with Crippen molar-refractivity contribution >= 4 is 29.1 Å². The highest BCUT2D eigenvalue weighted by Crippen LogP contribution is 2.37. The second kappa shape index (κ2) is 5.88. The molecule has 1 amide bonds. The van der Waals surface area contributed by atoms with Gasteiger partial charge in [0.1, 0.15) is 0 Å². The van der Waals surface area contributed by atoms with E-state index in [1.54, 1.807) is 12.1 Å². The van der Waals surface area contributed by atoms with Crippen LogP contribution in [0.15, 0.2) is 18.2 Å². The Hall–Kier alpha value is -1.62. The number of nitrogens with two attached hydrogens (primary N) is 1. The minimum atomic E-state index is -0.135. The quantitative estimate of drug-likeness (QED) is 0.885. The normalized spacial score (nSPS) is 13.7. The van der Waals surface area contributed by atoms with Crippen molar-refractivity contribution in [1.82, 2.24) is 10.3 Å². The maximum atomic E-state index is 12.4. The molecular weight excluding hydrogens is 321 g/mol. The van der Waals surface area contributed by atoms with Crippen LogP contribution in [0.4, 0.5) is 0 Å². The lowest BCUT2D eigenvalue weighted by molar-refractivity contribution is 0.0945. The second-order valence-electron chi connectivity index (χ2n) is 5.21. The van der Waals surface area contributed by atoms with E-state index in [9.17, 15) is 4.79 Å². The monoisotopic (exact) mass is 335 g/mol. The van der Waals surface area contributed by atoms with Crippen molar-refractivity contribution in [2.24, 2.45) is 5.73 Å². The number of benzene rings is 1. The number of pyridine rings is 1. The van der Waals surface area contributed by atoms with Crippen molar-refractivity contribution in [3.05, 3.63) is 50.8 Å². The molecule has 0 bridgehead atoms. The van der Waals surface area contributed by atoms with E-state index in [2.05, 4.69) is 10.3 Å². The Labute approximate surface area is 138 Å². The fourth-order valence-corrected chi connectivity index (χ4v) is 3.35. The Kier molecular flexibility index (Phi) is 4.08. The molecule has 4 nitrogen and oxygen atoms in total. The van der Waals surface area contributed by atoms with Gasteiger partial charge in [0.2, 0.25) is 0 Å². The molecule has 0 radical (unpaired) electrons. The molecule has 1 aromatic heterocycles. The number of carbonyl (C=O) groups is 1. The van der Waals surface area contributed by atoms with Gasteiger partial charge in [0.05, 0.1) is 11.3 Å². The highest BCUT2D eigenvalue weighted by atomic mass is 35.5. The van der Waals surface area contributed by atoms with E-state index in [0.717, 1.165) is 28.1 Å². The summed E-state index contributed by atoms with van der Waals surface area (Å²) in [7, 11) is 0. The standard InChI is InChI=1S/C16H15Cl2N3O/c1-8-11(7-19)14(10-3-2-9(17)6-12(10)18)15-13(21-8)4-5-20-16(15)22/h2-3,6H,4-5,7,19H2,1H3,(H,20,22). The van der Waals surface area contributed by atoms with E-state index in [1.165, 1.54) is 0 Å². The molecule has 1 aliphatic heterocycles. The van der Waals surface area contributed by atoms with Gasteiger partial charge in [-0.05, 0) is 24.6 Å². The molecule has 1 aromatic carbocycles. The van der Waals surface area contributed by atoms with Crippen LogP contribution < -0.4 is 11.1 Å². The molecule has 1 aliphatic rings. The molecule has 0 fully saturated rings. The predicted octanol–water partition coefficient (Wildman–Crippen LogP) is 3.11. The van der Waals surface area contributed by atoms with Crippen molar-refractivity contribution in [2.45, 2.75) is 19.9 Å². The number of hydrogen-bond donors (Lipinski definition) is 2. The zero-order valence-electron chi connectivity index (χ0n) is 12.0. The average Bonchev–Trinajstić information content (AvgIpc) is 2.46. The van der Waals surface area contributed by atoms with Crippen LogP contribution in [0.2, 0.25) is 10.0 Å². The van der Waals surface area contributed by atoms with Gasteiger partial charge in [-0.1, -0.05) is 29.3 Å². The van der Waals surface area contributed by atoms with Crippen molar-refractivity contribution in [3.8, 4) is 11.1 Å². The van der Waals surface area contributed by atoms with Crippen molar-refractivity contribution in [2.75, 3.05) is 6.54 Å². The van der Waals surface area contributed by atoms with Gasteiger partial charge in [-0.3, -0.25) is 9.78 Å². The smallest absolute Gasteiger partial charge is 0.253 e. The maximum absolute atomic E-state index is 12.4. The van der Waals surface area contributed by atoms with Crippen LogP contribution >= 0.6 is 23.2 Å². The third kappa shape index (κ3) is 2.47. The number of halogens is 2. The zero-order chi connectivity index (χ0) is 15.9. The molecule has 0 unspecified atom stereocenters. The van der Waals surface area contributed by atoms with Gasteiger partial charge >= 0.3 is 0 Å². The second-order valence-corrected chi connectivity index (χ2v) is 6.05. The SMILES string of the molecule is Cc1nc2c(c(-c3ccc(Cl)cc3Cl)c1CN)C(=O)NCC2. The minimum Gasteiger partial charge on any atom is -0.352 e. The third-order valence-corrected chi connectivity index (χ3v) is 4.41. The fourth-order valence-electron chi connectivity index (χ4n) is 2.85. The molecule has 0 saturated carbocycles. The molecule has 0 saturated heterocycles. The van der Waals surface area contributed by atoms with Gasteiger partial charge in [-0.15, -0.1) is 0 Å². The molecule has 0 aliphatic carbocycles. The van der Waals surface area contributed by atoms with Crippen molar-refractivity contribution in [3.63, 3.8) is 0 Å². The van der Waals surface area contributed by atoms with Gasteiger partial charge < -0.3 is 11.1 Å². The van der Waals surface area contributed by atoms with Crippen LogP contribution in [0, 0.1) is 6.92 Å². The Morgan fingerprint density at radius 2 is 2.09 bits per heavy atom. The number of amides is 1. The van der Waals surface area contributed by atoms with Gasteiger partial charge in [0.25, 0.3) is 5.91 Å². The number of nitrogens with one attached hydrogen (secondary N) is 1. The summed E-state index contributed by atoms with van der Waals surface area (Å²) < 4.78 is 0. The molecule has 2 aromatic rings. The average molecular weight is 336 g/mol. The summed E-state index contributed by atoms with van der Waals surface area (Å²) >= 11 is 12.3. The van der Waals surface area contributed by atoms with Gasteiger partial charge in [0.15, 0.2) is 0 Å². The lowest BCUT2D eigenvalue weighted by Gasteiger charge is -2.23. The Morgan fingerprint density at radius 1 is 1.32 bits per heavy atom. The molecule has 6 heteroatoms. The summed E-state index contributed by atoms with van der Waals surface area (Å²) in [5.41, 5.74) is 10.5. The fraction of sp³-hybridized carbons (Fsp3) is 0.250. The molecule has 22 heavy (non-hydrogen) atoms. The van der Waals surface area contributed by atoms with Crippen LogP contribution in [0.1, 0.15) is 27.3 Å². The van der Waals surface area contributed by atoms with E-state index in [0.29, 0.717) is 28.6 Å². The highest BCUT2D eigenvalue weighted by molar-refractivity contribution is 6.36. The first kappa shape index (κ1) is 15.3. The first-order valence-corrected chi connectivity index (χ1v) is 7.74. The van der Waals surface area contributed by atoms with Crippen LogP contribution in [-0.4, -0.2) is 17.4 Å². The Bertz CT molecular complexity index is 774. The summed E-state index contributed by atoms with van der Waals surface area (Å²) in [5.74, 6) is -0.135. The summed E-state index contributed by atoms with van der Waals surface area (Å²) in [5, 5.41) is 3.90. The summed E-state index contributed by atoms with van der Waals surface area (Å²) in [6, 6.07) is 5.24. The highest BCUT2D eigenvalue weighted by Gasteiger charge is 2.27. The Balaban J connectivity index is 2.38. The first-order valence-electron chi connectivity index (χ1n) is 6.99. The van der Waals surface area contributed by atoms with Gasteiger partial charge in [-0.25, -0.2) is 0 Å². The molecule has 0 atom stereocenters. The van der Waals surface area contributed by atoms with Crippen LogP contribution in [0.3, 0.4) is 0 Å². The first-order chi connectivity index (χ1) is 10.5. The van der Waals surface area contributed by atoms with E-state index in [-0.39, 0.29) is 12.5 Å². The number of hydrogen-bond acceptors (Lipinski definition) is 3. The summed E-state index contributed by atoms with van der Waals surface area (Å²) in [6.07, 6.45) is 0.699. The molecule has 3 rings (SSSR count). The minimum absolute atomic E-state index is 0.135. The lowest BCUT2D eigenvalue weighted by Crippen LogP contribution is -2.34. The summed E-state index contributed by atoms with van der Waals surface area (Å²) in [6.45, 7) is 2.78. The van der Waals surface area contributed by atoms with Crippen molar-refractivity contribution < 1.29 is 4.79 Å². The molecular formula is C16H15Cl2N3O. The maximum Gasteiger partial charge on any atom is 0.253 e. The number of aryl methyl sites for hydroxylation is 1. The van der Waals surface area contributed by atoms with Gasteiger partial charge in [-0.2, -0.15) is 0 Å². The van der Waals surface area contributed by atoms with E-state index in [1.807, 2.05) is 13.0 Å². The van der Waals surface area contributed by atoms with Crippen molar-refractivity contribution in [1.29, 1.82) is 0 Å². The largest absolute Gasteiger partial charge is 0.352 e. The number of fused-ring (bicyclic) bond motifs is 1. The van der Waals surface area contributed by atoms with Gasteiger partial charge in [0, 0.05) is 46.4 Å². The van der Waals surface area contributed by atoms with Crippen LogP contribution in [-0.2, 0) is 13.0 Å². The lowest BCUT2D eigenvalue weighted by atomic mass is 9.90. The number of rotatable bonds is 2.